The zero-order valence-corrected chi connectivity index (χ0v) is 12.1. The van der Waals surface area contributed by atoms with Crippen molar-refractivity contribution >= 4 is 38.3 Å². The van der Waals surface area contributed by atoms with Crippen molar-refractivity contribution in [2.75, 3.05) is 18.2 Å². The lowest BCUT2D eigenvalue weighted by atomic mass is 10.1. The van der Waals surface area contributed by atoms with Crippen molar-refractivity contribution in [3.8, 4) is 5.75 Å². The number of methoxy groups -OCH3 is 1. The van der Waals surface area contributed by atoms with Gasteiger partial charge in [0.15, 0.2) is 5.13 Å². The van der Waals surface area contributed by atoms with E-state index in [1.54, 1.807) is 18.2 Å². The number of carbonyl (C=O) groups excluding carboxylic acids is 1. The van der Waals surface area contributed by atoms with E-state index in [0.29, 0.717) is 22.1 Å². The molecule has 0 aliphatic heterocycles. The number of hydrogen-bond acceptors (Lipinski definition) is 5. The molecule has 3 N–H and O–H groups in total. The van der Waals surface area contributed by atoms with E-state index in [9.17, 15) is 4.79 Å². The number of hydrogen-bond donors (Lipinski definition) is 2. The molecule has 0 saturated heterocycles. The number of thiazole rings is 1. The van der Waals surface area contributed by atoms with Gasteiger partial charge in [-0.2, -0.15) is 0 Å². The summed E-state index contributed by atoms with van der Waals surface area (Å²) in [7, 11) is 1.50. The Morgan fingerprint density at radius 3 is 2.81 bits per heavy atom. The second-order valence-electron chi connectivity index (χ2n) is 4.37. The van der Waals surface area contributed by atoms with Crippen LogP contribution in [-0.2, 0) is 0 Å². The number of rotatable bonds is 3. The van der Waals surface area contributed by atoms with E-state index in [1.807, 2.05) is 24.3 Å². The summed E-state index contributed by atoms with van der Waals surface area (Å²) < 4.78 is 6.20. The molecule has 0 unspecified atom stereocenters. The van der Waals surface area contributed by atoms with Gasteiger partial charge in [-0.3, -0.25) is 10.1 Å². The summed E-state index contributed by atoms with van der Waals surface area (Å²) in [5.41, 5.74) is 7.41. The van der Waals surface area contributed by atoms with Gasteiger partial charge in [-0.1, -0.05) is 29.5 Å². The third-order valence-electron chi connectivity index (χ3n) is 3.02. The van der Waals surface area contributed by atoms with Crippen molar-refractivity contribution in [2.24, 2.45) is 0 Å². The molecule has 1 heterocycles. The van der Waals surface area contributed by atoms with Crippen LogP contribution in [0, 0.1) is 0 Å². The molecule has 3 aromatic rings. The number of carbonyl (C=O) groups is 1. The number of fused-ring (bicyclic) bond motifs is 1. The molecular weight excluding hydrogens is 286 g/mol. The molecule has 0 atom stereocenters. The van der Waals surface area contributed by atoms with E-state index in [4.69, 9.17) is 10.5 Å². The number of benzene rings is 2. The third-order valence-corrected chi connectivity index (χ3v) is 3.97. The van der Waals surface area contributed by atoms with E-state index < -0.39 is 0 Å². The summed E-state index contributed by atoms with van der Waals surface area (Å²) in [6.07, 6.45) is 0. The van der Waals surface area contributed by atoms with Gasteiger partial charge in [0.2, 0.25) is 0 Å². The van der Waals surface area contributed by atoms with Crippen molar-refractivity contribution in [1.29, 1.82) is 0 Å². The fraction of sp³-hybridized carbons (Fsp3) is 0.0667. The van der Waals surface area contributed by atoms with Crippen molar-refractivity contribution < 1.29 is 9.53 Å². The number of para-hydroxylation sites is 1. The Balaban J connectivity index is 1.93. The van der Waals surface area contributed by atoms with E-state index in [0.717, 1.165) is 10.2 Å². The lowest BCUT2D eigenvalue weighted by molar-refractivity contribution is 0.102. The van der Waals surface area contributed by atoms with Crippen LogP contribution in [0.3, 0.4) is 0 Å². The first-order chi connectivity index (χ1) is 10.2. The van der Waals surface area contributed by atoms with Gasteiger partial charge in [-0.05, 0) is 24.3 Å². The molecule has 2 aromatic carbocycles. The first-order valence-corrected chi connectivity index (χ1v) is 7.10. The van der Waals surface area contributed by atoms with E-state index in [-0.39, 0.29) is 5.91 Å². The van der Waals surface area contributed by atoms with Crippen molar-refractivity contribution in [1.82, 2.24) is 4.98 Å². The summed E-state index contributed by atoms with van der Waals surface area (Å²) in [4.78, 5) is 16.8. The predicted octanol–water partition coefficient (Wildman–Crippen LogP) is 3.14. The number of nitrogens with two attached hydrogens (primary N) is 1. The van der Waals surface area contributed by atoms with Crippen LogP contribution in [0.1, 0.15) is 10.4 Å². The van der Waals surface area contributed by atoms with Gasteiger partial charge in [-0.25, -0.2) is 4.98 Å². The Bertz CT molecular complexity index is 781. The van der Waals surface area contributed by atoms with Gasteiger partial charge in [0.05, 0.1) is 17.3 Å². The van der Waals surface area contributed by atoms with Crippen LogP contribution in [0.4, 0.5) is 10.8 Å². The second-order valence-corrected chi connectivity index (χ2v) is 5.40. The summed E-state index contributed by atoms with van der Waals surface area (Å²) in [5, 5.41) is 3.31. The molecule has 3 rings (SSSR count). The monoisotopic (exact) mass is 299 g/mol. The normalized spacial score (nSPS) is 10.5. The van der Waals surface area contributed by atoms with Crippen LogP contribution in [0.15, 0.2) is 42.5 Å². The average molecular weight is 299 g/mol. The second kappa shape index (κ2) is 5.41. The summed E-state index contributed by atoms with van der Waals surface area (Å²) in [5.74, 6) is 0.109. The largest absolute Gasteiger partial charge is 0.496 e. The van der Waals surface area contributed by atoms with Crippen LogP contribution in [0.25, 0.3) is 10.2 Å². The molecule has 5 nitrogen and oxygen atoms in total. The highest BCUT2D eigenvalue weighted by molar-refractivity contribution is 7.22. The van der Waals surface area contributed by atoms with E-state index in [2.05, 4.69) is 10.3 Å². The number of amides is 1. The quantitative estimate of drug-likeness (QED) is 0.728. The molecule has 0 saturated carbocycles. The lowest BCUT2D eigenvalue weighted by Crippen LogP contribution is -2.15. The minimum absolute atomic E-state index is 0.319. The smallest absolute Gasteiger partial charge is 0.263 e. The van der Waals surface area contributed by atoms with Crippen LogP contribution in [-0.4, -0.2) is 18.0 Å². The zero-order valence-electron chi connectivity index (χ0n) is 11.3. The number of nitrogens with zero attached hydrogens (tertiary/aromatic N) is 1. The van der Waals surface area contributed by atoms with Gasteiger partial charge in [0.1, 0.15) is 11.3 Å². The van der Waals surface area contributed by atoms with Crippen LogP contribution >= 0.6 is 11.3 Å². The number of nitrogens with one attached hydrogen (secondary N) is 1. The van der Waals surface area contributed by atoms with Crippen LogP contribution in [0.5, 0.6) is 5.75 Å². The van der Waals surface area contributed by atoms with Crippen LogP contribution < -0.4 is 15.8 Å². The fourth-order valence-electron chi connectivity index (χ4n) is 2.05. The van der Waals surface area contributed by atoms with Crippen molar-refractivity contribution in [3.05, 3.63) is 48.0 Å². The molecule has 1 amide bonds. The fourth-order valence-corrected chi connectivity index (χ4v) is 2.91. The molecule has 1 aromatic heterocycles. The topological polar surface area (TPSA) is 77.2 Å². The molecular formula is C15H13N3O2S. The Labute approximate surface area is 125 Å². The zero-order chi connectivity index (χ0) is 14.8. The molecule has 6 heteroatoms. The molecule has 0 bridgehead atoms. The minimum Gasteiger partial charge on any atom is -0.496 e. The predicted molar refractivity (Wildman–Crippen MR) is 85.0 cm³/mol. The summed E-state index contributed by atoms with van der Waals surface area (Å²) in [6, 6.07) is 12.8. The van der Waals surface area contributed by atoms with Gasteiger partial charge < -0.3 is 10.5 Å². The first-order valence-electron chi connectivity index (χ1n) is 6.28. The summed E-state index contributed by atoms with van der Waals surface area (Å²) in [6.45, 7) is 0. The van der Waals surface area contributed by atoms with Gasteiger partial charge in [-0.15, -0.1) is 0 Å². The summed E-state index contributed by atoms with van der Waals surface area (Å²) >= 11 is 1.41. The highest BCUT2D eigenvalue weighted by Gasteiger charge is 2.17. The highest BCUT2D eigenvalue weighted by Crippen LogP contribution is 2.28. The number of nitrogen functional groups attached to an aromatic ring is 1. The van der Waals surface area contributed by atoms with Crippen LogP contribution in [0.2, 0.25) is 0 Å². The highest BCUT2D eigenvalue weighted by atomic mass is 32.1. The van der Waals surface area contributed by atoms with Gasteiger partial charge in [0, 0.05) is 5.69 Å². The Morgan fingerprint density at radius 2 is 2.05 bits per heavy atom. The Morgan fingerprint density at radius 1 is 1.24 bits per heavy atom. The maximum Gasteiger partial charge on any atom is 0.263 e. The molecule has 0 fully saturated rings. The maximum atomic E-state index is 12.4. The number of ether oxygens (including phenoxy) is 1. The third kappa shape index (κ3) is 2.53. The molecule has 21 heavy (non-hydrogen) atoms. The Kier molecular flexibility index (Phi) is 3.45. The van der Waals surface area contributed by atoms with Gasteiger partial charge in [0.25, 0.3) is 5.91 Å². The van der Waals surface area contributed by atoms with Crippen molar-refractivity contribution in [3.63, 3.8) is 0 Å². The molecule has 0 spiro atoms. The molecule has 0 radical (unpaired) electrons. The van der Waals surface area contributed by atoms with Crippen molar-refractivity contribution in [2.45, 2.75) is 0 Å². The lowest BCUT2D eigenvalue weighted by Gasteiger charge is -2.10. The van der Waals surface area contributed by atoms with E-state index >= 15 is 0 Å². The molecule has 106 valence electrons. The Hall–Kier alpha value is -2.60. The SMILES string of the molecule is COc1cccc(N)c1C(=O)Nc1nc2ccccc2s1. The number of aromatic nitrogens is 1. The first kappa shape index (κ1) is 13.4. The standard InChI is InChI=1S/C15H13N3O2S/c1-20-11-7-4-5-9(16)13(11)14(19)18-15-17-10-6-2-3-8-12(10)21-15/h2-8H,16H2,1H3,(H,17,18,19). The van der Waals surface area contributed by atoms with E-state index in [1.165, 1.54) is 18.4 Å². The number of anilines is 2. The molecule has 0 aliphatic rings. The van der Waals surface area contributed by atoms with Gasteiger partial charge >= 0.3 is 0 Å². The average Bonchev–Trinajstić information content (AvgIpc) is 2.88. The maximum absolute atomic E-state index is 12.4. The molecule has 0 aliphatic carbocycles. The minimum atomic E-state index is -0.330.